The highest BCUT2D eigenvalue weighted by atomic mass is 14.9. The fraction of sp³-hybridized carbons (Fsp3) is 0.467. The van der Waals surface area contributed by atoms with Crippen molar-refractivity contribution in [2.24, 2.45) is 0 Å². The van der Waals surface area contributed by atoms with Crippen molar-refractivity contribution in [2.75, 3.05) is 7.05 Å². The van der Waals surface area contributed by atoms with Gasteiger partial charge >= 0.3 is 0 Å². The molecule has 1 atom stereocenters. The summed E-state index contributed by atoms with van der Waals surface area (Å²) in [5, 5.41) is 3.34. The van der Waals surface area contributed by atoms with Gasteiger partial charge in [0.2, 0.25) is 0 Å². The number of unbranched alkanes of at least 4 members (excludes halogenated alkanes) is 2. The summed E-state index contributed by atoms with van der Waals surface area (Å²) in [7, 11) is 1.99. The molecule has 3 heteroatoms. The summed E-state index contributed by atoms with van der Waals surface area (Å²) in [6, 6.07) is 8.33. The summed E-state index contributed by atoms with van der Waals surface area (Å²) in [6.45, 7) is 2.23. The lowest BCUT2D eigenvalue weighted by Crippen LogP contribution is -2.17. The Labute approximate surface area is 109 Å². The first-order valence-electron chi connectivity index (χ1n) is 6.74. The normalized spacial score (nSPS) is 12.8. The zero-order valence-electron chi connectivity index (χ0n) is 11.2. The van der Waals surface area contributed by atoms with Crippen LogP contribution in [-0.4, -0.2) is 17.0 Å². The van der Waals surface area contributed by atoms with Crippen LogP contribution in [0.15, 0.2) is 30.5 Å². The van der Waals surface area contributed by atoms with Crippen LogP contribution in [0.2, 0.25) is 0 Å². The molecule has 3 nitrogen and oxygen atoms in total. The van der Waals surface area contributed by atoms with Gasteiger partial charge in [0, 0.05) is 0 Å². The summed E-state index contributed by atoms with van der Waals surface area (Å²) in [6.07, 6.45) is 6.78. The third kappa shape index (κ3) is 3.05. The summed E-state index contributed by atoms with van der Waals surface area (Å²) in [4.78, 5) is 9.18. The maximum absolute atomic E-state index is 4.70. The highest BCUT2D eigenvalue weighted by Gasteiger charge is 2.11. The smallest absolute Gasteiger partial charge is 0.0890 e. The number of hydrogen-bond acceptors (Lipinski definition) is 3. The van der Waals surface area contributed by atoms with Gasteiger partial charge in [-0.25, -0.2) is 4.98 Å². The Bertz CT molecular complexity index is 496. The van der Waals surface area contributed by atoms with Crippen LogP contribution < -0.4 is 5.32 Å². The van der Waals surface area contributed by atoms with Crippen molar-refractivity contribution in [1.29, 1.82) is 0 Å². The Morgan fingerprint density at radius 3 is 2.67 bits per heavy atom. The van der Waals surface area contributed by atoms with E-state index in [0.717, 1.165) is 23.1 Å². The summed E-state index contributed by atoms with van der Waals surface area (Å²) in [5.41, 5.74) is 2.99. The maximum atomic E-state index is 4.70. The van der Waals surface area contributed by atoms with Crippen LogP contribution in [0.4, 0.5) is 0 Å². The number of para-hydroxylation sites is 2. The van der Waals surface area contributed by atoms with E-state index in [9.17, 15) is 0 Å². The average molecular weight is 243 g/mol. The minimum atomic E-state index is 0.314. The van der Waals surface area contributed by atoms with Crippen LogP contribution in [0, 0.1) is 0 Å². The van der Waals surface area contributed by atoms with Crippen molar-refractivity contribution in [3.63, 3.8) is 0 Å². The Balaban J connectivity index is 2.17. The molecule has 2 aromatic rings. The van der Waals surface area contributed by atoms with Gasteiger partial charge in [0.1, 0.15) is 0 Å². The minimum absolute atomic E-state index is 0.314. The minimum Gasteiger partial charge on any atom is -0.312 e. The molecule has 0 amide bonds. The van der Waals surface area contributed by atoms with Crippen molar-refractivity contribution in [3.8, 4) is 0 Å². The van der Waals surface area contributed by atoms with E-state index in [-0.39, 0.29) is 0 Å². The molecule has 0 bridgehead atoms. The number of benzene rings is 1. The molecule has 0 spiro atoms. The molecule has 0 fully saturated rings. The number of nitrogens with one attached hydrogen (secondary N) is 1. The molecule has 1 heterocycles. The van der Waals surface area contributed by atoms with E-state index < -0.39 is 0 Å². The standard InChI is InChI=1S/C15H21N3/c1-3-4-5-8-12(16-2)15-11-17-13-9-6-7-10-14(13)18-15/h6-7,9-12,16H,3-5,8H2,1-2H3. The predicted molar refractivity (Wildman–Crippen MR) is 75.5 cm³/mol. The van der Waals surface area contributed by atoms with Crippen LogP contribution in [0.3, 0.4) is 0 Å². The van der Waals surface area contributed by atoms with E-state index in [2.05, 4.69) is 17.2 Å². The lowest BCUT2D eigenvalue weighted by atomic mass is 10.1. The summed E-state index contributed by atoms with van der Waals surface area (Å²) >= 11 is 0. The van der Waals surface area contributed by atoms with E-state index >= 15 is 0 Å². The molecule has 0 aliphatic rings. The molecule has 96 valence electrons. The van der Waals surface area contributed by atoms with Crippen LogP contribution in [-0.2, 0) is 0 Å². The quantitative estimate of drug-likeness (QED) is 0.789. The van der Waals surface area contributed by atoms with Crippen LogP contribution in [0.5, 0.6) is 0 Å². The second kappa shape index (κ2) is 6.45. The molecular formula is C15H21N3. The van der Waals surface area contributed by atoms with Gasteiger partial charge in [0.15, 0.2) is 0 Å². The fourth-order valence-corrected chi connectivity index (χ4v) is 2.18. The van der Waals surface area contributed by atoms with E-state index in [0.29, 0.717) is 6.04 Å². The molecule has 1 aromatic heterocycles. The zero-order chi connectivity index (χ0) is 12.8. The van der Waals surface area contributed by atoms with Crippen molar-refractivity contribution >= 4 is 11.0 Å². The van der Waals surface area contributed by atoms with Gasteiger partial charge in [-0.05, 0) is 25.6 Å². The Morgan fingerprint density at radius 2 is 1.94 bits per heavy atom. The average Bonchev–Trinajstić information content (AvgIpc) is 2.43. The molecule has 1 aromatic carbocycles. The van der Waals surface area contributed by atoms with Crippen molar-refractivity contribution < 1.29 is 0 Å². The number of hydrogen-bond donors (Lipinski definition) is 1. The van der Waals surface area contributed by atoms with E-state index in [4.69, 9.17) is 4.98 Å². The molecular weight excluding hydrogens is 222 g/mol. The third-order valence-electron chi connectivity index (χ3n) is 3.27. The van der Waals surface area contributed by atoms with Gasteiger partial charge in [-0.15, -0.1) is 0 Å². The van der Waals surface area contributed by atoms with Gasteiger partial charge in [-0.3, -0.25) is 4.98 Å². The topological polar surface area (TPSA) is 37.8 Å². The molecule has 0 saturated carbocycles. The molecule has 0 aliphatic carbocycles. The first-order chi connectivity index (χ1) is 8.85. The van der Waals surface area contributed by atoms with Gasteiger partial charge in [0.25, 0.3) is 0 Å². The van der Waals surface area contributed by atoms with E-state index in [1.807, 2.05) is 37.5 Å². The molecule has 0 radical (unpaired) electrons. The molecule has 1 unspecified atom stereocenters. The number of rotatable bonds is 6. The van der Waals surface area contributed by atoms with Gasteiger partial charge in [0.05, 0.1) is 29.0 Å². The maximum Gasteiger partial charge on any atom is 0.0890 e. The first-order valence-corrected chi connectivity index (χ1v) is 6.74. The van der Waals surface area contributed by atoms with E-state index in [1.165, 1.54) is 19.3 Å². The summed E-state index contributed by atoms with van der Waals surface area (Å²) in [5.74, 6) is 0. The predicted octanol–water partition coefficient (Wildman–Crippen LogP) is 3.47. The SMILES string of the molecule is CCCCCC(NC)c1cnc2ccccc2n1. The van der Waals surface area contributed by atoms with Crippen molar-refractivity contribution in [1.82, 2.24) is 15.3 Å². The number of nitrogens with zero attached hydrogens (tertiary/aromatic N) is 2. The molecule has 1 N–H and O–H groups in total. The van der Waals surface area contributed by atoms with Crippen molar-refractivity contribution in [3.05, 3.63) is 36.2 Å². The second-order valence-electron chi connectivity index (χ2n) is 4.62. The second-order valence-corrected chi connectivity index (χ2v) is 4.62. The lowest BCUT2D eigenvalue weighted by molar-refractivity contribution is 0.501. The van der Waals surface area contributed by atoms with Gasteiger partial charge in [-0.1, -0.05) is 38.3 Å². The van der Waals surface area contributed by atoms with Crippen LogP contribution in [0.1, 0.15) is 44.3 Å². The zero-order valence-corrected chi connectivity index (χ0v) is 11.2. The van der Waals surface area contributed by atoms with Gasteiger partial charge in [-0.2, -0.15) is 0 Å². The Hall–Kier alpha value is -1.48. The first kappa shape index (κ1) is 13.0. The molecule has 2 rings (SSSR count). The number of aromatic nitrogens is 2. The highest BCUT2D eigenvalue weighted by molar-refractivity contribution is 5.73. The van der Waals surface area contributed by atoms with E-state index in [1.54, 1.807) is 0 Å². The molecule has 0 saturated heterocycles. The largest absolute Gasteiger partial charge is 0.312 e. The highest BCUT2D eigenvalue weighted by Crippen LogP contribution is 2.19. The summed E-state index contributed by atoms with van der Waals surface area (Å²) < 4.78 is 0. The van der Waals surface area contributed by atoms with Crippen molar-refractivity contribution in [2.45, 2.75) is 38.6 Å². The third-order valence-corrected chi connectivity index (χ3v) is 3.27. The van der Waals surface area contributed by atoms with Gasteiger partial charge < -0.3 is 5.32 Å². The monoisotopic (exact) mass is 243 g/mol. The fourth-order valence-electron chi connectivity index (χ4n) is 2.18. The molecule has 18 heavy (non-hydrogen) atoms. The number of fused-ring (bicyclic) bond motifs is 1. The Kier molecular flexibility index (Phi) is 4.65. The van der Waals surface area contributed by atoms with Crippen LogP contribution >= 0.6 is 0 Å². The Morgan fingerprint density at radius 1 is 1.17 bits per heavy atom. The van der Waals surface area contributed by atoms with Crippen LogP contribution in [0.25, 0.3) is 11.0 Å². The molecule has 0 aliphatic heterocycles. The lowest BCUT2D eigenvalue weighted by Gasteiger charge is -2.15.